The van der Waals surface area contributed by atoms with E-state index in [0.29, 0.717) is 53.1 Å². The number of carbonyl (C=O) groups excluding carboxylic acids is 1. The van der Waals surface area contributed by atoms with Crippen LogP contribution in [0.4, 0.5) is 15.0 Å². The minimum Gasteiger partial charge on any atom is -0.461 e. The van der Waals surface area contributed by atoms with Crippen LogP contribution in [0.2, 0.25) is 16.6 Å². The van der Waals surface area contributed by atoms with Gasteiger partial charge in [-0.1, -0.05) is 77.8 Å². The fourth-order valence-electron chi connectivity index (χ4n) is 11.1. The van der Waals surface area contributed by atoms with Crippen LogP contribution in [0, 0.1) is 17.3 Å². The highest BCUT2D eigenvalue weighted by molar-refractivity contribution is 6.90. The van der Waals surface area contributed by atoms with Gasteiger partial charge in [0.1, 0.15) is 37.3 Å². The Morgan fingerprint density at radius 3 is 2.21 bits per heavy atom. The highest BCUT2D eigenvalue weighted by atomic mass is 28.3. The van der Waals surface area contributed by atoms with Crippen LogP contribution >= 0.6 is 0 Å². The second-order valence-corrected chi connectivity index (χ2v) is 24.8. The largest absolute Gasteiger partial charge is 0.461 e. The number of amides is 1. The summed E-state index contributed by atoms with van der Waals surface area (Å²) >= 11 is 0. The molecule has 4 aromatic rings. The van der Waals surface area contributed by atoms with Crippen molar-refractivity contribution in [2.24, 2.45) is 0 Å². The van der Waals surface area contributed by atoms with E-state index >= 15 is 4.39 Å². The molecule has 308 valence electrons. The minimum atomic E-state index is -2.04. The van der Waals surface area contributed by atoms with Crippen LogP contribution in [0.3, 0.4) is 0 Å². The molecule has 9 nitrogen and oxygen atoms in total. The van der Waals surface area contributed by atoms with Gasteiger partial charge in [0.2, 0.25) is 0 Å². The topological polar surface area (TPSA) is 83.9 Å². The molecule has 0 aliphatic carbocycles. The number of nitrogens with zero attached hydrogens (tertiary/aromatic N) is 6. The lowest BCUT2D eigenvalue weighted by Gasteiger charge is -2.42. The fraction of sp³-hybridized carbons (Fsp3) is 0.574. The summed E-state index contributed by atoms with van der Waals surface area (Å²) < 4.78 is 29.9. The van der Waals surface area contributed by atoms with Crippen molar-refractivity contribution in [2.75, 3.05) is 37.7 Å². The van der Waals surface area contributed by atoms with Crippen LogP contribution in [0.25, 0.3) is 32.9 Å². The number of halogens is 1. The molecule has 58 heavy (non-hydrogen) atoms. The maximum Gasteiger partial charge on any atom is 0.410 e. The second-order valence-electron chi connectivity index (χ2n) is 19.3. The lowest BCUT2D eigenvalue weighted by atomic mass is 9.95. The smallest absolute Gasteiger partial charge is 0.410 e. The first kappa shape index (κ1) is 40.5. The molecule has 4 aliphatic rings. The lowest BCUT2D eigenvalue weighted by Crippen LogP contribution is -2.57. The molecule has 6 heterocycles. The molecule has 0 spiro atoms. The van der Waals surface area contributed by atoms with E-state index in [1.54, 1.807) is 6.20 Å². The number of pyridine rings is 1. The summed E-state index contributed by atoms with van der Waals surface area (Å²) in [6.45, 7) is 23.3. The zero-order chi connectivity index (χ0) is 41.1. The number of hydrogen-bond donors (Lipinski definition) is 0. The van der Waals surface area contributed by atoms with Crippen molar-refractivity contribution in [3.63, 3.8) is 0 Å². The lowest BCUT2D eigenvalue weighted by molar-refractivity contribution is 0.0122. The third-order valence-electron chi connectivity index (χ3n) is 13.8. The molecule has 0 radical (unpaired) electrons. The molecule has 0 saturated carbocycles. The van der Waals surface area contributed by atoms with E-state index in [4.69, 9.17) is 24.4 Å². The van der Waals surface area contributed by atoms with E-state index in [9.17, 15) is 4.79 Å². The minimum absolute atomic E-state index is 0.0277. The molecule has 4 aliphatic heterocycles. The normalized spacial score (nSPS) is 20.7. The Labute approximate surface area is 345 Å². The number of anilines is 1. The Morgan fingerprint density at radius 2 is 1.59 bits per heavy atom. The van der Waals surface area contributed by atoms with Crippen LogP contribution in [-0.4, -0.2) is 94.9 Å². The van der Waals surface area contributed by atoms with E-state index in [1.165, 1.54) is 0 Å². The zero-order valence-electron chi connectivity index (χ0n) is 36.0. The van der Waals surface area contributed by atoms with Crippen LogP contribution in [-0.2, 0) is 4.74 Å². The third-order valence-corrected chi connectivity index (χ3v) is 20.0. The summed E-state index contributed by atoms with van der Waals surface area (Å²) in [5.41, 5.74) is 6.73. The highest BCUT2D eigenvalue weighted by Crippen LogP contribution is 2.43. The number of hydrogen-bond acceptors (Lipinski definition) is 8. The molecule has 1 amide bonds. The third kappa shape index (κ3) is 7.12. The maximum absolute atomic E-state index is 17.5. The summed E-state index contributed by atoms with van der Waals surface area (Å²) in [6, 6.07) is 12.2. The molecule has 2 aromatic carbocycles. The van der Waals surface area contributed by atoms with Crippen molar-refractivity contribution in [3.8, 4) is 28.7 Å². The quantitative estimate of drug-likeness (QED) is 0.129. The summed E-state index contributed by atoms with van der Waals surface area (Å²) in [6.07, 6.45) is 7.62. The van der Waals surface area contributed by atoms with Gasteiger partial charge >= 0.3 is 12.1 Å². The highest BCUT2D eigenvalue weighted by Gasteiger charge is 2.47. The second kappa shape index (κ2) is 15.4. The SMILES string of the molecule is CC(C)[Si](C#Cc1cccc2cccc(-c3ncc4c(N5CC6CCC(C5)N6C(=O)OC(C)(C)C)nc(OCC56CCCN5CCC6)nc4c3F)c12)(C(C)C)C(C)C. The predicted molar refractivity (Wildman–Crippen MR) is 234 cm³/mol. The molecule has 2 aromatic heterocycles. The van der Waals surface area contributed by atoms with Crippen molar-refractivity contribution in [1.82, 2.24) is 24.8 Å². The van der Waals surface area contributed by atoms with E-state index in [-0.39, 0.29) is 40.9 Å². The first-order valence-corrected chi connectivity index (χ1v) is 23.9. The standard InChI is InChI=1S/C47H61FN6O3Si/c1-30(2)58(31(3)4,32(5)6)25-20-34-15-10-14-33-16-11-17-37(39(33)34)41-40(48)42-38(26-49-41)43(51-44(50-42)56-29-47-21-12-23-53(47)24-13-22-47)52-27-35-18-19-36(28-52)54(35)45(55)57-46(7,8)9/h10-11,14-17,26,30-32,35-36H,12-13,18-19,21-24,27-29H2,1-9H3. The Hall–Kier alpha value is -4.27. The van der Waals surface area contributed by atoms with Crippen molar-refractivity contribution in [2.45, 2.75) is 141 Å². The molecule has 8 rings (SSSR count). The number of benzene rings is 2. The van der Waals surface area contributed by atoms with Gasteiger partial charge in [0.05, 0.1) is 23.0 Å². The van der Waals surface area contributed by atoms with Gasteiger partial charge in [-0.2, -0.15) is 9.97 Å². The van der Waals surface area contributed by atoms with E-state index < -0.39 is 19.5 Å². The first-order valence-electron chi connectivity index (χ1n) is 21.7. The van der Waals surface area contributed by atoms with Gasteiger partial charge in [0.15, 0.2) is 5.82 Å². The van der Waals surface area contributed by atoms with Crippen LogP contribution in [0.5, 0.6) is 6.01 Å². The number of aromatic nitrogens is 3. The van der Waals surface area contributed by atoms with Crippen molar-refractivity contribution >= 4 is 41.7 Å². The van der Waals surface area contributed by atoms with Crippen LogP contribution in [0.15, 0.2) is 42.6 Å². The Balaban J connectivity index is 1.23. The number of rotatable bonds is 8. The molecular weight excluding hydrogens is 744 g/mol. The number of piperazine rings is 1. The maximum atomic E-state index is 17.5. The molecule has 2 bridgehead atoms. The van der Waals surface area contributed by atoms with Gasteiger partial charge in [0, 0.05) is 35.8 Å². The predicted octanol–water partition coefficient (Wildman–Crippen LogP) is 10.1. The Kier molecular flexibility index (Phi) is 10.8. The van der Waals surface area contributed by atoms with E-state index in [1.807, 2.05) is 43.9 Å². The molecule has 2 atom stereocenters. The summed E-state index contributed by atoms with van der Waals surface area (Å²) in [4.78, 5) is 34.8. The summed E-state index contributed by atoms with van der Waals surface area (Å²) in [5, 5.41) is 2.41. The van der Waals surface area contributed by atoms with Crippen LogP contribution < -0.4 is 9.64 Å². The zero-order valence-corrected chi connectivity index (χ0v) is 37.0. The van der Waals surface area contributed by atoms with Gasteiger partial charge in [-0.25, -0.2) is 9.18 Å². The van der Waals surface area contributed by atoms with Gasteiger partial charge in [-0.3, -0.25) is 14.8 Å². The molecule has 4 fully saturated rings. The first-order chi connectivity index (χ1) is 27.6. The van der Waals surface area contributed by atoms with E-state index in [0.717, 1.165) is 68.0 Å². The summed E-state index contributed by atoms with van der Waals surface area (Å²) in [5.74, 6) is 3.75. The van der Waals surface area contributed by atoms with Crippen molar-refractivity contribution in [1.29, 1.82) is 0 Å². The number of fused-ring (bicyclic) bond motifs is 5. The molecule has 4 saturated heterocycles. The van der Waals surface area contributed by atoms with Crippen LogP contribution in [0.1, 0.15) is 106 Å². The Bertz CT molecular complexity index is 2230. The molecular formula is C47H61FN6O3Si. The summed E-state index contributed by atoms with van der Waals surface area (Å²) in [7, 11) is -2.04. The molecule has 0 N–H and O–H groups in total. The van der Waals surface area contributed by atoms with Gasteiger partial charge in [-0.15, -0.1) is 5.54 Å². The van der Waals surface area contributed by atoms with Gasteiger partial charge in [-0.05, 0) is 100 Å². The molecule has 2 unspecified atom stereocenters. The van der Waals surface area contributed by atoms with Crippen molar-refractivity contribution in [3.05, 3.63) is 54.0 Å². The fourth-order valence-corrected chi connectivity index (χ4v) is 16.3. The van der Waals surface area contributed by atoms with Gasteiger partial charge in [0.25, 0.3) is 0 Å². The number of ether oxygens (including phenoxy) is 2. The van der Waals surface area contributed by atoms with Gasteiger partial charge < -0.3 is 14.4 Å². The average Bonchev–Trinajstić information content (AvgIpc) is 3.83. The van der Waals surface area contributed by atoms with Crippen molar-refractivity contribution < 1.29 is 18.7 Å². The average molecular weight is 805 g/mol. The molecule has 11 heteroatoms. The Morgan fingerprint density at radius 1 is 0.948 bits per heavy atom. The van der Waals surface area contributed by atoms with E-state index in [2.05, 4.69) is 81.0 Å². The number of carbonyl (C=O) groups is 1. The monoisotopic (exact) mass is 804 g/mol.